The first-order valence-electron chi connectivity index (χ1n) is 9.29. The molecule has 5 nitrogen and oxygen atoms in total. The maximum atomic E-state index is 13.1. The molecule has 0 spiro atoms. The minimum Gasteiger partial charge on any atom is -0.486 e. The van der Waals surface area contributed by atoms with Crippen LogP contribution in [0.1, 0.15) is 35.8 Å². The summed E-state index contributed by atoms with van der Waals surface area (Å²) < 4.78 is 13.3. The largest absolute Gasteiger partial charge is 0.486 e. The van der Waals surface area contributed by atoms with Crippen LogP contribution in [0.5, 0.6) is 11.5 Å². The second kappa shape index (κ2) is 6.99. The van der Waals surface area contributed by atoms with E-state index in [2.05, 4.69) is 19.2 Å². The van der Waals surface area contributed by atoms with Gasteiger partial charge >= 0.3 is 0 Å². The fraction of sp³-hybridized carbons (Fsp3) is 0.318. The minimum atomic E-state index is -0.118. The number of carbonyl (C=O) groups excluding carboxylic acids is 1. The molecule has 1 aliphatic heterocycles. The van der Waals surface area contributed by atoms with Gasteiger partial charge in [-0.05, 0) is 29.7 Å². The van der Waals surface area contributed by atoms with E-state index in [4.69, 9.17) is 9.47 Å². The van der Waals surface area contributed by atoms with Crippen molar-refractivity contribution >= 4 is 16.8 Å². The number of aromatic nitrogens is 1. The Morgan fingerprint density at radius 2 is 1.81 bits per heavy atom. The van der Waals surface area contributed by atoms with Crippen molar-refractivity contribution in [1.29, 1.82) is 0 Å². The molecule has 3 aromatic rings. The number of para-hydroxylation sites is 1. The average Bonchev–Trinajstić information content (AvgIpc) is 3.02. The molecule has 1 unspecified atom stereocenters. The zero-order valence-electron chi connectivity index (χ0n) is 15.9. The molecule has 0 fully saturated rings. The topological polar surface area (TPSA) is 52.5 Å². The summed E-state index contributed by atoms with van der Waals surface area (Å²) in [6, 6.07) is 13.7. The number of ether oxygens (including phenoxy) is 2. The van der Waals surface area contributed by atoms with Crippen LogP contribution >= 0.6 is 0 Å². The first-order valence-corrected chi connectivity index (χ1v) is 9.29. The third-order valence-electron chi connectivity index (χ3n) is 5.02. The van der Waals surface area contributed by atoms with Gasteiger partial charge in [0.15, 0.2) is 11.5 Å². The van der Waals surface area contributed by atoms with E-state index < -0.39 is 0 Å². The maximum Gasteiger partial charge on any atom is 0.253 e. The van der Waals surface area contributed by atoms with E-state index in [0.717, 1.165) is 28.0 Å². The SMILES string of the molecule is CC(C)C(NC(=O)c1cn(C)c2ccccc12)c1ccc2c(c1)OCCO2. The molecular formula is C22H24N2O3. The van der Waals surface area contributed by atoms with Crippen LogP contribution in [0, 0.1) is 5.92 Å². The molecule has 1 aliphatic rings. The minimum absolute atomic E-state index is 0.0691. The Morgan fingerprint density at radius 3 is 2.59 bits per heavy atom. The van der Waals surface area contributed by atoms with Gasteiger partial charge in [-0.25, -0.2) is 0 Å². The van der Waals surface area contributed by atoms with Gasteiger partial charge in [0.1, 0.15) is 13.2 Å². The Labute approximate surface area is 158 Å². The summed E-state index contributed by atoms with van der Waals surface area (Å²) in [5.41, 5.74) is 2.75. The van der Waals surface area contributed by atoms with Crippen molar-refractivity contribution in [3.05, 3.63) is 59.8 Å². The number of hydrogen-bond acceptors (Lipinski definition) is 3. The molecule has 0 aliphatic carbocycles. The average molecular weight is 364 g/mol. The molecular weight excluding hydrogens is 340 g/mol. The third-order valence-corrected chi connectivity index (χ3v) is 5.02. The quantitative estimate of drug-likeness (QED) is 0.759. The van der Waals surface area contributed by atoms with Crippen LogP contribution in [0.25, 0.3) is 10.9 Å². The van der Waals surface area contributed by atoms with Gasteiger partial charge in [-0.2, -0.15) is 0 Å². The van der Waals surface area contributed by atoms with Gasteiger partial charge in [0, 0.05) is 24.1 Å². The first kappa shape index (κ1) is 17.5. The summed E-state index contributed by atoms with van der Waals surface area (Å²) in [5, 5.41) is 4.17. The van der Waals surface area contributed by atoms with Crippen LogP contribution in [0.3, 0.4) is 0 Å². The van der Waals surface area contributed by atoms with Gasteiger partial charge in [0.05, 0.1) is 11.6 Å². The molecule has 1 atom stereocenters. The van der Waals surface area contributed by atoms with E-state index in [0.29, 0.717) is 18.8 Å². The number of amides is 1. The van der Waals surface area contributed by atoms with E-state index in [1.54, 1.807) is 0 Å². The van der Waals surface area contributed by atoms with Crippen LogP contribution in [0.15, 0.2) is 48.7 Å². The van der Waals surface area contributed by atoms with Gasteiger partial charge in [-0.15, -0.1) is 0 Å². The number of aryl methyl sites for hydroxylation is 1. The zero-order chi connectivity index (χ0) is 19.0. The second-order valence-electron chi connectivity index (χ2n) is 7.27. The Bertz CT molecular complexity index is 990. The van der Waals surface area contributed by atoms with Gasteiger partial charge in [0.25, 0.3) is 5.91 Å². The van der Waals surface area contributed by atoms with Gasteiger partial charge in [-0.1, -0.05) is 38.1 Å². The summed E-state index contributed by atoms with van der Waals surface area (Å²) in [5.74, 6) is 1.66. The molecule has 0 saturated carbocycles. The number of rotatable bonds is 4. The Hall–Kier alpha value is -2.95. The molecule has 4 rings (SSSR count). The van der Waals surface area contributed by atoms with Gasteiger partial charge in [-0.3, -0.25) is 4.79 Å². The van der Waals surface area contributed by atoms with Crippen LogP contribution in [0.4, 0.5) is 0 Å². The van der Waals surface area contributed by atoms with Crippen molar-refractivity contribution in [2.45, 2.75) is 19.9 Å². The summed E-state index contributed by atoms with van der Waals surface area (Å²) >= 11 is 0. The molecule has 1 aromatic heterocycles. The highest BCUT2D eigenvalue weighted by atomic mass is 16.6. The van der Waals surface area contributed by atoms with Gasteiger partial charge in [0.2, 0.25) is 0 Å². The molecule has 1 N–H and O–H groups in total. The van der Waals surface area contributed by atoms with Crippen molar-refractivity contribution in [2.75, 3.05) is 13.2 Å². The molecule has 27 heavy (non-hydrogen) atoms. The summed E-state index contributed by atoms with van der Waals surface area (Å²) in [4.78, 5) is 13.1. The summed E-state index contributed by atoms with van der Waals surface area (Å²) in [6.45, 7) is 5.32. The number of fused-ring (bicyclic) bond motifs is 2. The highest BCUT2D eigenvalue weighted by molar-refractivity contribution is 6.07. The molecule has 140 valence electrons. The second-order valence-corrected chi connectivity index (χ2v) is 7.27. The molecule has 0 bridgehead atoms. The Balaban J connectivity index is 1.64. The normalized spacial score (nSPS) is 14.4. The van der Waals surface area contributed by atoms with E-state index >= 15 is 0 Å². The van der Waals surface area contributed by atoms with Crippen molar-refractivity contribution in [1.82, 2.24) is 9.88 Å². The maximum absolute atomic E-state index is 13.1. The molecule has 1 amide bonds. The van der Waals surface area contributed by atoms with Gasteiger partial charge < -0.3 is 19.4 Å². The number of nitrogens with zero attached hydrogens (tertiary/aromatic N) is 1. The van der Waals surface area contributed by atoms with Crippen molar-refractivity contribution in [2.24, 2.45) is 13.0 Å². The predicted octanol–water partition coefficient (Wildman–Crippen LogP) is 4.08. The van der Waals surface area contributed by atoms with Crippen molar-refractivity contribution in [3.63, 3.8) is 0 Å². The van der Waals surface area contributed by atoms with E-state index in [-0.39, 0.29) is 17.9 Å². The predicted molar refractivity (Wildman–Crippen MR) is 105 cm³/mol. The fourth-order valence-electron chi connectivity index (χ4n) is 3.63. The van der Waals surface area contributed by atoms with Crippen LogP contribution in [-0.4, -0.2) is 23.7 Å². The monoisotopic (exact) mass is 364 g/mol. The first-order chi connectivity index (χ1) is 13.0. The summed E-state index contributed by atoms with van der Waals surface area (Å²) in [7, 11) is 1.96. The molecule has 0 radical (unpaired) electrons. The Morgan fingerprint density at radius 1 is 1.07 bits per heavy atom. The standard InChI is InChI=1S/C22H24N2O3/c1-14(2)21(15-8-9-19-20(12-15)27-11-10-26-19)23-22(25)17-13-24(3)18-7-5-4-6-16(17)18/h4-9,12-14,21H,10-11H2,1-3H3,(H,23,25). The number of nitrogens with one attached hydrogen (secondary N) is 1. The number of benzene rings is 2. The highest BCUT2D eigenvalue weighted by Gasteiger charge is 2.23. The van der Waals surface area contributed by atoms with Crippen molar-refractivity contribution < 1.29 is 14.3 Å². The molecule has 5 heteroatoms. The zero-order valence-corrected chi connectivity index (χ0v) is 15.9. The van der Waals surface area contributed by atoms with E-state index in [9.17, 15) is 4.79 Å². The molecule has 0 saturated heterocycles. The Kier molecular flexibility index (Phi) is 4.52. The van der Waals surface area contributed by atoms with Crippen molar-refractivity contribution in [3.8, 4) is 11.5 Å². The lowest BCUT2D eigenvalue weighted by Crippen LogP contribution is -2.31. The number of carbonyl (C=O) groups is 1. The van der Waals surface area contributed by atoms with E-state index in [1.807, 2.05) is 60.3 Å². The molecule has 2 heterocycles. The smallest absolute Gasteiger partial charge is 0.253 e. The van der Waals surface area contributed by atoms with Crippen LogP contribution < -0.4 is 14.8 Å². The lowest BCUT2D eigenvalue weighted by Gasteiger charge is -2.25. The van der Waals surface area contributed by atoms with E-state index in [1.165, 1.54) is 0 Å². The highest BCUT2D eigenvalue weighted by Crippen LogP contribution is 2.34. The lowest BCUT2D eigenvalue weighted by atomic mass is 9.95. The lowest BCUT2D eigenvalue weighted by molar-refractivity contribution is 0.0927. The fourth-order valence-corrected chi connectivity index (χ4v) is 3.63. The third kappa shape index (κ3) is 3.25. The summed E-state index contributed by atoms with van der Waals surface area (Å²) in [6.07, 6.45) is 1.89. The number of hydrogen-bond donors (Lipinski definition) is 1. The molecule has 2 aromatic carbocycles. The van der Waals surface area contributed by atoms with Crippen LogP contribution in [-0.2, 0) is 7.05 Å². The van der Waals surface area contributed by atoms with Crippen LogP contribution in [0.2, 0.25) is 0 Å².